The van der Waals surface area contributed by atoms with Gasteiger partial charge in [-0.05, 0) is 40.4 Å². The van der Waals surface area contributed by atoms with Gasteiger partial charge >= 0.3 is 0 Å². The Hall–Kier alpha value is -1.17. The zero-order valence-corrected chi connectivity index (χ0v) is 14.2. The molecule has 1 aromatic heterocycles. The van der Waals surface area contributed by atoms with Crippen LogP contribution in [0.2, 0.25) is 0 Å². The molecule has 0 amide bonds. The Balaban J connectivity index is 2.39. The van der Waals surface area contributed by atoms with Gasteiger partial charge in [-0.3, -0.25) is 4.68 Å². The number of halogens is 1. The Morgan fingerprint density at radius 1 is 1.33 bits per heavy atom. The molecule has 2 rings (SSSR count). The zero-order chi connectivity index (χ0) is 15.5. The van der Waals surface area contributed by atoms with Crippen LogP contribution in [0.5, 0.6) is 0 Å². The lowest BCUT2D eigenvalue weighted by atomic mass is 9.91. The first-order valence-corrected chi connectivity index (χ1v) is 7.82. The molecule has 0 saturated heterocycles. The quantitative estimate of drug-likeness (QED) is 0.868. The minimum absolute atomic E-state index is 0.548. The summed E-state index contributed by atoms with van der Waals surface area (Å²) in [6.07, 6.45) is 2.69. The predicted octanol–water partition coefficient (Wildman–Crippen LogP) is 3.11. The molecule has 21 heavy (non-hydrogen) atoms. The zero-order valence-electron chi connectivity index (χ0n) is 12.6. The first-order valence-electron chi connectivity index (χ1n) is 7.03. The van der Waals surface area contributed by atoms with E-state index in [1.54, 1.807) is 24.9 Å². The third-order valence-electron chi connectivity index (χ3n) is 3.69. The monoisotopic (exact) mass is 352 g/mol. The van der Waals surface area contributed by atoms with E-state index in [-0.39, 0.29) is 0 Å². The number of hydrogen-bond donors (Lipinski definition) is 1. The fraction of sp³-hybridized carbons (Fsp3) is 0.438. The number of aryl methyl sites for hydroxylation is 1. The highest BCUT2D eigenvalue weighted by Crippen LogP contribution is 2.34. The van der Waals surface area contributed by atoms with Crippen molar-refractivity contribution < 1.29 is 9.84 Å². The van der Waals surface area contributed by atoms with Gasteiger partial charge in [0.15, 0.2) is 0 Å². The summed E-state index contributed by atoms with van der Waals surface area (Å²) in [6, 6.07) is 8.04. The summed E-state index contributed by atoms with van der Waals surface area (Å²) < 4.78 is 7.67. The third kappa shape index (κ3) is 3.36. The lowest BCUT2D eigenvalue weighted by Gasteiger charge is -2.26. The Morgan fingerprint density at radius 2 is 2.00 bits per heavy atom. The largest absolute Gasteiger partial charge is 0.383 e. The molecule has 2 aromatic rings. The van der Waals surface area contributed by atoms with E-state index in [0.717, 1.165) is 22.2 Å². The molecule has 0 aliphatic rings. The van der Waals surface area contributed by atoms with Crippen LogP contribution in [0.4, 0.5) is 0 Å². The van der Waals surface area contributed by atoms with Crippen molar-refractivity contribution in [2.24, 2.45) is 0 Å². The topological polar surface area (TPSA) is 47.3 Å². The van der Waals surface area contributed by atoms with E-state index in [1.807, 2.05) is 24.3 Å². The Bertz CT molecular complexity index is 591. The van der Waals surface area contributed by atoms with E-state index < -0.39 is 5.60 Å². The molecular weight excluding hydrogens is 332 g/mol. The van der Waals surface area contributed by atoms with Gasteiger partial charge in [0, 0.05) is 7.11 Å². The molecule has 0 radical (unpaired) electrons. The number of benzene rings is 1. The summed E-state index contributed by atoms with van der Waals surface area (Å²) in [4.78, 5) is 0. The van der Waals surface area contributed by atoms with Crippen molar-refractivity contribution in [3.8, 4) is 0 Å². The highest BCUT2D eigenvalue weighted by Gasteiger charge is 2.32. The number of methoxy groups -OCH3 is 1. The Morgan fingerprint density at radius 3 is 2.57 bits per heavy atom. The third-order valence-corrected chi connectivity index (χ3v) is 4.27. The van der Waals surface area contributed by atoms with Gasteiger partial charge in [-0.15, -0.1) is 0 Å². The van der Waals surface area contributed by atoms with Crippen LogP contribution in [0, 0.1) is 0 Å². The van der Waals surface area contributed by atoms with Gasteiger partial charge in [0.05, 0.1) is 29.5 Å². The van der Waals surface area contributed by atoms with Gasteiger partial charge < -0.3 is 9.84 Å². The summed E-state index contributed by atoms with van der Waals surface area (Å²) in [7, 11) is 1.65. The maximum Gasteiger partial charge on any atom is 0.129 e. The second-order valence-electron chi connectivity index (χ2n) is 5.18. The van der Waals surface area contributed by atoms with Crippen molar-refractivity contribution >= 4 is 15.9 Å². The summed E-state index contributed by atoms with van der Waals surface area (Å²) in [6.45, 7) is 5.05. The van der Waals surface area contributed by atoms with Crippen molar-refractivity contribution in [2.75, 3.05) is 13.7 Å². The second-order valence-corrected chi connectivity index (χ2v) is 6.03. The fourth-order valence-corrected chi connectivity index (χ4v) is 3.08. The van der Waals surface area contributed by atoms with Gasteiger partial charge in [0.1, 0.15) is 5.60 Å². The van der Waals surface area contributed by atoms with Crippen LogP contribution in [0.1, 0.15) is 30.7 Å². The van der Waals surface area contributed by atoms with Crippen molar-refractivity contribution in [1.82, 2.24) is 9.78 Å². The Labute approximate surface area is 133 Å². The van der Waals surface area contributed by atoms with Crippen molar-refractivity contribution in [2.45, 2.75) is 32.4 Å². The highest BCUT2D eigenvalue weighted by molar-refractivity contribution is 9.10. The molecule has 0 aliphatic carbocycles. The molecule has 1 aromatic carbocycles. The van der Waals surface area contributed by atoms with E-state index in [0.29, 0.717) is 13.2 Å². The summed E-state index contributed by atoms with van der Waals surface area (Å²) in [5, 5.41) is 15.3. The molecule has 1 heterocycles. The summed E-state index contributed by atoms with van der Waals surface area (Å²) in [5.41, 5.74) is 1.72. The molecule has 0 aliphatic heterocycles. The highest BCUT2D eigenvalue weighted by atomic mass is 79.9. The smallest absolute Gasteiger partial charge is 0.129 e. The lowest BCUT2D eigenvalue weighted by Crippen LogP contribution is -2.28. The molecule has 5 heteroatoms. The molecule has 4 nitrogen and oxygen atoms in total. The average Bonchev–Trinajstić information content (AvgIpc) is 2.86. The molecule has 0 spiro atoms. The molecule has 114 valence electrons. The summed E-state index contributed by atoms with van der Waals surface area (Å²) in [5.74, 6) is 0. The Kier molecular flexibility index (Phi) is 5.19. The van der Waals surface area contributed by atoms with E-state index in [9.17, 15) is 5.11 Å². The molecule has 0 fully saturated rings. The van der Waals surface area contributed by atoms with E-state index >= 15 is 0 Å². The van der Waals surface area contributed by atoms with Gasteiger partial charge in [-0.25, -0.2) is 0 Å². The van der Waals surface area contributed by atoms with Crippen molar-refractivity contribution in [1.29, 1.82) is 0 Å². The van der Waals surface area contributed by atoms with Gasteiger partial charge in [0.2, 0.25) is 0 Å². The van der Waals surface area contributed by atoms with Crippen LogP contribution in [0.3, 0.4) is 0 Å². The molecule has 1 atom stereocenters. The molecule has 1 unspecified atom stereocenters. The summed E-state index contributed by atoms with van der Waals surface area (Å²) >= 11 is 3.49. The SMILES string of the molecule is CCc1ccc(C(C)(O)c2c(Br)cnn2CCOC)cc1. The van der Waals surface area contributed by atoms with Gasteiger partial charge in [-0.2, -0.15) is 5.10 Å². The van der Waals surface area contributed by atoms with Crippen LogP contribution < -0.4 is 0 Å². The second kappa shape index (κ2) is 6.73. The number of nitrogens with zero attached hydrogens (tertiary/aromatic N) is 2. The first-order chi connectivity index (χ1) is 10.0. The molecule has 1 N–H and O–H groups in total. The van der Waals surface area contributed by atoms with Crippen molar-refractivity contribution in [3.63, 3.8) is 0 Å². The van der Waals surface area contributed by atoms with E-state index in [1.165, 1.54) is 5.56 Å². The van der Waals surface area contributed by atoms with Crippen molar-refractivity contribution in [3.05, 3.63) is 51.8 Å². The maximum atomic E-state index is 11.0. The lowest BCUT2D eigenvalue weighted by molar-refractivity contribution is 0.0875. The molecule has 0 bridgehead atoms. The first kappa shape index (κ1) is 16.2. The number of aromatic nitrogens is 2. The van der Waals surface area contributed by atoms with Gasteiger partial charge in [-0.1, -0.05) is 31.2 Å². The number of rotatable bonds is 6. The van der Waals surface area contributed by atoms with Crippen LogP contribution in [0.15, 0.2) is 34.9 Å². The normalized spacial score (nSPS) is 14.1. The number of hydrogen-bond acceptors (Lipinski definition) is 3. The van der Waals surface area contributed by atoms with Crippen LogP contribution in [-0.4, -0.2) is 28.6 Å². The average molecular weight is 353 g/mol. The standard InChI is InChI=1S/C16H21BrN2O2/c1-4-12-5-7-13(8-6-12)16(2,20)15-14(17)11-18-19(15)9-10-21-3/h5-8,11,20H,4,9-10H2,1-3H3. The maximum absolute atomic E-state index is 11.0. The van der Waals surface area contributed by atoms with Gasteiger partial charge in [0.25, 0.3) is 0 Å². The van der Waals surface area contributed by atoms with E-state index in [4.69, 9.17) is 4.74 Å². The fourth-order valence-electron chi connectivity index (χ4n) is 2.40. The molecule has 0 saturated carbocycles. The van der Waals surface area contributed by atoms with E-state index in [2.05, 4.69) is 28.0 Å². The minimum atomic E-state index is -1.12. The number of ether oxygens (including phenoxy) is 1. The number of aliphatic hydroxyl groups is 1. The predicted molar refractivity (Wildman–Crippen MR) is 86.3 cm³/mol. The van der Waals surface area contributed by atoms with Crippen LogP contribution in [0.25, 0.3) is 0 Å². The van der Waals surface area contributed by atoms with Crippen LogP contribution in [-0.2, 0) is 23.3 Å². The minimum Gasteiger partial charge on any atom is -0.383 e. The van der Waals surface area contributed by atoms with Crippen LogP contribution >= 0.6 is 15.9 Å². The molecular formula is C16H21BrN2O2.